The molecule has 1 heteroatoms. The van der Waals surface area contributed by atoms with E-state index in [-0.39, 0.29) is 5.78 Å². The lowest BCUT2D eigenvalue weighted by Gasteiger charge is -2.15. The number of carbonyl (C=O) groups is 1. The van der Waals surface area contributed by atoms with Crippen molar-refractivity contribution >= 4 is 5.78 Å². The van der Waals surface area contributed by atoms with Crippen molar-refractivity contribution in [3.63, 3.8) is 0 Å². The fourth-order valence-electron chi connectivity index (χ4n) is 1.31. The highest BCUT2D eigenvalue weighted by Crippen LogP contribution is 2.19. The van der Waals surface area contributed by atoms with Gasteiger partial charge in [-0.1, -0.05) is 38.2 Å². The third-order valence-electron chi connectivity index (χ3n) is 2.31. The predicted molar refractivity (Wildman–Crippen MR) is 62.2 cm³/mol. The third kappa shape index (κ3) is 6.64. The van der Waals surface area contributed by atoms with Gasteiger partial charge < -0.3 is 4.79 Å². The highest BCUT2D eigenvalue weighted by atomic mass is 16.1. The SMILES string of the molecule is C=C(C)/C=C/C(CCC(C)=O)C(C)C. The van der Waals surface area contributed by atoms with Crippen LogP contribution < -0.4 is 0 Å². The smallest absolute Gasteiger partial charge is 0.129 e. The summed E-state index contributed by atoms with van der Waals surface area (Å²) in [6, 6.07) is 0. The topological polar surface area (TPSA) is 17.1 Å². The number of hydrogen-bond donors (Lipinski definition) is 0. The Labute approximate surface area is 87.9 Å². The summed E-state index contributed by atoms with van der Waals surface area (Å²) in [6.07, 6.45) is 5.86. The monoisotopic (exact) mass is 194 g/mol. The van der Waals surface area contributed by atoms with Gasteiger partial charge in [0.05, 0.1) is 0 Å². The van der Waals surface area contributed by atoms with Gasteiger partial charge in [0.15, 0.2) is 0 Å². The molecule has 0 bridgehead atoms. The van der Waals surface area contributed by atoms with E-state index in [9.17, 15) is 4.79 Å². The van der Waals surface area contributed by atoms with Crippen molar-refractivity contribution in [3.8, 4) is 0 Å². The summed E-state index contributed by atoms with van der Waals surface area (Å²) in [5.41, 5.74) is 1.07. The van der Waals surface area contributed by atoms with Gasteiger partial charge in [-0.15, -0.1) is 0 Å². The molecule has 14 heavy (non-hydrogen) atoms. The molecule has 0 saturated carbocycles. The largest absolute Gasteiger partial charge is 0.300 e. The highest BCUT2D eigenvalue weighted by molar-refractivity contribution is 5.75. The molecular formula is C13H22O. The zero-order valence-corrected chi connectivity index (χ0v) is 9.84. The Morgan fingerprint density at radius 3 is 2.29 bits per heavy atom. The first-order chi connectivity index (χ1) is 6.43. The van der Waals surface area contributed by atoms with E-state index in [1.54, 1.807) is 6.92 Å². The molecule has 0 aromatic heterocycles. The van der Waals surface area contributed by atoms with Crippen molar-refractivity contribution in [3.05, 3.63) is 24.3 Å². The molecule has 80 valence electrons. The molecule has 0 aliphatic heterocycles. The van der Waals surface area contributed by atoms with Crippen LogP contribution in [0.25, 0.3) is 0 Å². The molecule has 0 saturated heterocycles. The molecule has 0 amide bonds. The zero-order chi connectivity index (χ0) is 11.1. The van der Waals surface area contributed by atoms with E-state index in [1.807, 2.05) is 13.0 Å². The van der Waals surface area contributed by atoms with Crippen molar-refractivity contribution in [1.29, 1.82) is 0 Å². The molecular weight excluding hydrogens is 172 g/mol. The second kappa shape index (κ2) is 6.58. The van der Waals surface area contributed by atoms with Crippen LogP contribution in [0.1, 0.15) is 40.5 Å². The van der Waals surface area contributed by atoms with Gasteiger partial charge in [0.25, 0.3) is 0 Å². The molecule has 0 spiro atoms. The van der Waals surface area contributed by atoms with Crippen molar-refractivity contribution in [1.82, 2.24) is 0 Å². The number of allylic oxidation sites excluding steroid dienone is 3. The number of rotatable bonds is 6. The Morgan fingerprint density at radius 1 is 1.36 bits per heavy atom. The molecule has 1 unspecified atom stereocenters. The van der Waals surface area contributed by atoms with Crippen LogP contribution in [-0.4, -0.2) is 5.78 Å². The fraction of sp³-hybridized carbons (Fsp3) is 0.615. The van der Waals surface area contributed by atoms with Gasteiger partial charge in [0, 0.05) is 6.42 Å². The van der Waals surface area contributed by atoms with Gasteiger partial charge in [-0.3, -0.25) is 0 Å². The minimum absolute atomic E-state index is 0.277. The fourth-order valence-corrected chi connectivity index (χ4v) is 1.31. The Kier molecular flexibility index (Phi) is 6.18. The van der Waals surface area contributed by atoms with E-state index in [0.29, 0.717) is 18.3 Å². The molecule has 0 fully saturated rings. The third-order valence-corrected chi connectivity index (χ3v) is 2.31. The summed E-state index contributed by atoms with van der Waals surface area (Å²) in [5.74, 6) is 1.36. The Balaban J connectivity index is 4.16. The first kappa shape index (κ1) is 13.2. The van der Waals surface area contributed by atoms with E-state index in [0.717, 1.165) is 12.0 Å². The molecule has 0 heterocycles. The average molecular weight is 194 g/mol. The summed E-state index contributed by atoms with van der Waals surface area (Å²) >= 11 is 0. The van der Waals surface area contributed by atoms with Crippen molar-refractivity contribution in [2.75, 3.05) is 0 Å². The van der Waals surface area contributed by atoms with Gasteiger partial charge in [0.2, 0.25) is 0 Å². The van der Waals surface area contributed by atoms with Crippen LogP contribution in [0, 0.1) is 11.8 Å². The summed E-state index contributed by atoms with van der Waals surface area (Å²) in [5, 5.41) is 0. The van der Waals surface area contributed by atoms with Crippen LogP contribution in [0.5, 0.6) is 0 Å². The first-order valence-electron chi connectivity index (χ1n) is 5.26. The molecule has 0 aliphatic carbocycles. The van der Waals surface area contributed by atoms with E-state index in [2.05, 4.69) is 26.5 Å². The molecule has 0 N–H and O–H groups in total. The van der Waals surface area contributed by atoms with Crippen LogP contribution in [-0.2, 0) is 4.79 Å². The Morgan fingerprint density at radius 2 is 1.93 bits per heavy atom. The lowest BCUT2D eigenvalue weighted by molar-refractivity contribution is -0.117. The minimum atomic E-state index is 0.277. The van der Waals surface area contributed by atoms with E-state index >= 15 is 0 Å². The van der Waals surface area contributed by atoms with Crippen LogP contribution in [0.15, 0.2) is 24.3 Å². The number of ketones is 1. The van der Waals surface area contributed by atoms with Crippen LogP contribution in [0.2, 0.25) is 0 Å². The lowest BCUT2D eigenvalue weighted by atomic mass is 9.90. The van der Waals surface area contributed by atoms with Crippen molar-refractivity contribution in [2.45, 2.75) is 40.5 Å². The van der Waals surface area contributed by atoms with Crippen LogP contribution in [0.4, 0.5) is 0 Å². The quantitative estimate of drug-likeness (QED) is 0.588. The van der Waals surface area contributed by atoms with Gasteiger partial charge in [-0.05, 0) is 32.1 Å². The number of Topliss-reactive ketones (excluding diaryl/α,β-unsaturated/α-hetero) is 1. The molecule has 1 atom stereocenters. The highest BCUT2D eigenvalue weighted by Gasteiger charge is 2.10. The van der Waals surface area contributed by atoms with Gasteiger partial charge >= 0.3 is 0 Å². The van der Waals surface area contributed by atoms with Gasteiger partial charge in [-0.2, -0.15) is 0 Å². The maximum atomic E-state index is 10.9. The average Bonchev–Trinajstić information content (AvgIpc) is 2.02. The second-order valence-electron chi connectivity index (χ2n) is 4.35. The summed E-state index contributed by atoms with van der Waals surface area (Å²) in [6.45, 7) is 11.8. The van der Waals surface area contributed by atoms with E-state index in [1.165, 1.54) is 0 Å². The molecule has 0 aromatic rings. The standard InChI is InChI=1S/C13H22O/c1-10(2)6-8-13(11(3)4)9-7-12(5)14/h6,8,11,13H,1,7,9H2,2-5H3/b8-6+. The summed E-state index contributed by atoms with van der Waals surface area (Å²) in [4.78, 5) is 10.9. The van der Waals surface area contributed by atoms with Crippen molar-refractivity contribution < 1.29 is 4.79 Å². The molecule has 0 aromatic carbocycles. The minimum Gasteiger partial charge on any atom is -0.300 e. The second-order valence-corrected chi connectivity index (χ2v) is 4.35. The lowest BCUT2D eigenvalue weighted by Crippen LogP contribution is -2.07. The molecule has 1 nitrogen and oxygen atoms in total. The summed E-state index contributed by atoms with van der Waals surface area (Å²) in [7, 11) is 0. The molecule has 0 rings (SSSR count). The maximum absolute atomic E-state index is 10.9. The molecule has 0 aliphatic rings. The Bertz CT molecular complexity index is 223. The van der Waals surface area contributed by atoms with Gasteiger partial charge in [-0.25, -0.2) is 0 Å². The van der Waals surface area contributed by atoms with Crippen LogP contribution >= 0.6 is 0 Å². The predicted octanol–water partition coefficient (Wildman–Crippen LogP) is 3.76. The maximum Gasteiger partial charge on any atom is 0.129 e. The van der Waals surface area contributed by atoms with Crippen molar-refractivity contribution in [2.24, 2.45) is 11.8 Å². The number of hydrogen-bond acceptors (Lipinski definition) is 1. The number of carbonyl (C=O) groups excluding carboxylic acids is 1. The summed E-state index contributed by atoms with van der Waals surface area (Å²) < 4.78 is 0. The Hall–Kier alpha value is -0.850. The normalized spacial score (nSPS) is 13.5. The van der Waals surface area contributed by atoms with E-state index < -0.39 is 0 Å². The zero-order valence-electron chi connectivity index (χ0n) is 9.84. The van der Waals surface area contributed by atoms with E-state index in [4.69, 9.17) is 0 Å². The first-order valence-corrected chi connectivity index (χ1v) is 5.26. The van der Waals surface area contributed by atoms with Crippen LogP contribution in [0.3, 0.4) is 0 Å². The van der Waals surface area contributed by atoms with Gasteiger partial charge in [0.1, 0.15) is 5.78 Å². The molecule has 0 radical (unpaired) electrons.